The summed E-state index contributed by atoms with van der Waals surface area (Å²) in [5, 5.41) is 29.1. The summed E-state index contributed by atoms with van der Waals surface area (Å²) in [7, 11) is 0. The Morgan fingerprint density at radius 1 is 0.872 bits per heavy atom. The zero-order chi connectivity index (χ0) is 31.8. The fourth-order valence-corrected chi connectivity index (χ4v) is 9.49. The van der Waals surface area contributed by atoms with Gasteiger partial charge in [-0.1, -0.05) is 66.4 Å². The molecule has 9 rings (SSSR count). The minimum atomic E-state index is -0.600. The molecule has 244 valence electrons. The molecule has 5 aliphatic rings. The molecule has 3 aromatic carbocycles. The molecule has 10 nitrogen and oxygen atoms in total. The predicted molar refractivity (Wildman–Crippen MR) is 178 cm³/mol. The van der Waals surface area contributed by atoms with Crippen LogP contribution in [0.4, 0.5) is 10.5 Å². The molecule has 0 radical (unpaired) electrons. The number of hydrogen-bond donors (Lipinski definition) is 3. The molecule has 1 aromatic heterocycles. The zero-order valence-electron chi connectivity index (χ0n) is 26.2. The molecule has 11 heteroatoms. The van der Waals surface area contributed by atoms with E-state index >= 15 is 0 Å². The van der Waals surface area contributed by atoms with Crippen LogP contribution in [0.3, 0.4) is 0 Å². The van der Waals surface area contributed by atoms with Gasteiger partial charge in [-0.05, 0) is 102 Å². The molecular weight excluding hydrogens is 613 g/mol. The van der Waals surface area contributed by atoms with Gasteiger partial charge in [0.15, 0.2) is 6.29 Å². The second kappa shape index (κ2) is 13.0. The quantitative estimate of drug-likeness (QED) is 0.173. The summed E-state index contributed by atoms with van der Waals surface area (Å²) >= 11 is 1.55. The summed E-state index contributed by atoms with van der Waals surface area (Å²) in [5.41, 5.74) is 4.35. The van der Waals surface area contributed by atoms with Gasteiger partial charge in [-0.25, -0.2) is 4.79 Å². The van der Waals surface area contributed by atoms with Gasteiger partial charge in [0.05, 0.1) is 24.5 Å². The number of benzene rings is 3. The van der Waals surface area contributed by atoms with Crippen LogP contribution in [0.5, 0.6) is 0 Å². The molecule has 4 bridgehead atoms. The summed E-state index contributed by atoms with van der Waals surface area (Å²) in [5.74, 6) is 2.94. The average molecular weight is 653 g/mol. The molecule has 4 saturated carbocycles. The van der Waals surface area contributed by atoms with Crippen LogP contribution in [0, 0.1) is 17.8 Å². The number of nitrogens with zero attached hydrogens (tertiary/aromatic N) is 4. The van der Waals surface area contributed by atoms with E-state index in [0.29, 0.717) is 17.3 Å². The van der Waals surface area contributed by atoms with Crippen LogP contribution in [-0.2, 0) is 16.1 Å². The lowest BCUT2D eigenvalue weighted by atomic mass is 9.53. The number of aliphatic hydroxyl groups is 1. The molecule has 1 aliphatic heterocycles. The van der Waals surface area contributed by atoms with Gasteiger partial charge in [0.2, 0.25) is 5.16 Å². The van der Waals surface area contributed by atoms with Gasteiger partial charge in [-0.2, -0.15) is 4.68 Å². The highest BCUT2D eigenvalue weighted by Gasteiger charge is 2.51. The first-order chi connectivity index (χ1) is 23.0. The Morgan fingerprint density at radius 3 is 2.23 bits per heavy atom. The van der Waals surface area contributed by atoms with E-state index < -0.39 is 6.29 Å². The number of carbonyl (C=O) groups is 1. The van der Waals surface area contributed by atoms with Crippen molar-refractivity contribution in [1.29, 1.82) is 0 Å². The standard InChI is InChI=1S/C36H40N6O4S/c43-21-23-6-8-27(9-7-23)32-17-31(22-47-35-39-40-41-42(35)30-4-2-1-3-5-30)45-33(46-32)28-10-12-29(13-11-28)37-34(44)38-36-18-24-14-25(19-36)16-26(15-24)20-36/h1-13,24-26,31-33,43H,14-22H2,(H2,37,38,44)/t24?,25?,26?,31-,32+,33+,36?/m0/s1. The monoisotopic (exact) mass is 652 g/mol. The first-order valence-electron chi connectivity index (χ1n) is 16.7. The molecule has 3 atom stereocenters. The lowest BCUT2D eigenvalue weighted by Crippen LogP contribution is -2.60. The molecule has 47 heavy (non-hydrogen) atoms. The van der Waals surface area contributed by atoms with Crippen molar-refractivity contribution in [1.82, 2.24) is 25.5 Å². The molecule has 2 heterocycles. The second-order valence-electron chi connectivity index (χ2n) is 13.8. The third-order valence-corrected chi connectivity index (χ3v) is 11.4. The lowest BCUT2D eigenvalue weighted by molar-refractivity contribution is -0.245. The van der Waals surface area contributed by atoms with Gasteiger partial charge in [0, 0.05) is 29.0 Å². The molecule has 3 N–H and O–H groups in total. The van der Waals surface area contributed by atoms with E-state index in [4.69, 9.17) is 9.47 Å². The number of hydrogen-bond acceptors (Lipinski definition) is 8. The Balaban J connectivity index is 0.951. The number of tetrazole rings is 1. The zero-order valence-corrected chi connectivity index (χ0v) is 27.0. The van der Waals surface area contributed by atoms with E-state index in [1.807, 2.05) is 78.9 Å². The third kappa shape index (κ3) is 6.67. The number of thioether (sulfide) groups is 1. The molecule has 0 unspecified atom stereocenters. The Morgan fingerprint density at radius 2 is 1.55 bits per heavy atom. The number of aliphatic hydroxyl groups excluding tert-OH is 1. The first kappa shape index (κ1) is 30.6. The number of anilines is 1. The van der Waals surface area contributed by atoms with Crippen LogP contribution < -0.4 is 10.6 Å². The van der Waals surface area contributed by atoms with Gasteiger partial charge < -0.3 is 25.2 Å². The van der Waals surface area contributed by atoms with Gasteiger partial charge >= 0.3 is 6.03 Å². The second-order valence-corrected chi connectivity index (χ2v) is 14.8. The van der Waals surface area contributed by atoms with Crippen LogP contribution in [0.1, 0.15) is 74.0 Å². The van der Waals surface area contributed by atoms with Crippen LogP contribution >= 0.6 is 11.8 Å². The van der Waals surface area contributed by atoms with Gasteiger partial charge in [-0.15, -0.1) is 5.10 Å². The van der Waals surface area contributed by atoms with Crippen LogP contribution in [0.2, 0.25) is 0 Å². The minimum absolute atomic E-state index is 0.00607. The largest absolute Gasteiger partial charge is 0.392 e. The fourth-order valence-electron chi connectivity index (χ4n) is 8.58. The number of carbonyl (C=O) groups excluding carboxylic acids is 1. The van der Waals surface area contributed by atoms with Crippen molar-refractivity contribution < 1.29 is 19.4 Å². The van der Waals surface area contributed by atoms with Crippen molar-refractivity contribution in [2.45, 2.75) is 80.7 Å². The highest BCUT2D eigenvalue weighted by Crippen LogP contribution is 2.55. The van der Waals surface area contributed by atoms with Crippen molar-refractivity contribution in [2.24, 2.45) is 17.8 Å². The number of ether oxygens (including phenoxy) is 2. The third-order valence-electron chi connectivity index (χ3n) is 10.3. The summed E-state index contributed by atoms with van der Waals surface area (Å²) in [6.07, 6.45) is 7.08. The predicted octanol–water partition coefficient (Wildman–Crippen LogP) is 6.58. The Labute approximate surface area is 278 Å². The van der Waals surface area contributed by atoms with E-state index in [9.17, 15) is 9.90 Å². The molecule has 4 aromatic rings. The van der Waals surface area contributed by atoms with Crippen LogP contribution in [0.25, 0.3) is 5.69 Å². The average Bonchev–Trinajstić information content (AvgIpc) is 3.56. The number of urea groups is 1. The highest BCUT2D eigenvalue weighted by molar-refractivity contribution is 7.99. The number of rotatable bonds is 9. The number of amides is 2. The van der Waals surface area contributed by atoms with Crippen molar-refractivity contribution in [3.8, 4) is 5.69 Å². The number of nitrogens with one attached hydrogen (secondary N) is 2. The minimum Gasteiger partial charge on any atom is -0.392 e. The van der Waals surface area contributed by atoms with Gasteiger partial charge in [0.1, 0.15) is 0 Å². The van der Waals surface area contributed by atoms with E-state index in [2.05, 4.69) is 26.2 Å². The van der Waals surface area contributed by atoms with Crippen molar-refractivity contribution in [2.75, 3.05) is 11.1 Å². The summed E-state index contributed by atoms with van der Waals surface area (Å²) in [6.45, 7) is -0.00607. The van der Waals surface area contributed by atoms with Crippen molar-refractivity contribution in [3.05, 3.63) is 95.6 Å². The molecule has 5 fully saturated rings. The number of aromatic nitrogens is 4. The summed E-state index contributed by atoms with van der Waals surface area (Å²) in [6, 6.07) is 25.3. The number of para-hydroxylation sites is 1. The first-order valence-corrected chi connectivity index (χ1v) is 17.7. The molecule has 1 saturated heterocycles. The van der Waals surface area contributed by atoms with Crippen LogP contribution in [-0.4, -0.2) is 48.7 Å². The van der Waals surface area contributed by atoms with E-state index in [-0.39, 0.29) is 30.4 Å². The molecular formula is C36H40N6O4S. The van der Waals surface area contributed by atoms with Gasteiger partial charge in [-0.3, -0.25) is 0 Å². The lowest BCUT2D eigenvalue weighted by Gasteiger charge is -2.56. The maximum Gasteiger partial charge on any atom is 0.319 e. The maximum atomic E-state index is 13.2. The Bertz CT molecular complexity index is 1650. The smallest absolute Gasteiger partial charge is 0.319 e. The Kier molecular flexibility index (Phi) is 8.47. The molecule has 0 spiro atoms. The van der Waals surface area contributed by atoms with Gasteiger partial charge in [0.25, 0.3) is 0 Å². The molecule has 4 aliphatic carbocycles. The van der Waals surface area contributed by atoms with E-state index in [0.717, 1.165) is 65.1 Å². The van der Waals surface area contributed by atoms with Crippen LogP contribution in [0.15, 0.2) is 84.0 Å². The summed E-state index contributed by atoms with van der Waals surface area (Å²) < 4.78 is 14.8. The SMILES string of the molecule is O=C(Nc1ccc([C@@H]2O[C@H](CSc3nnnn3-c3ccccc3)C[C@H](c3ccc(CO)cc3)O2)cc1)NC12CC3CC(CC(C3)C1)C2. The van der Waals surface area contributed by atoms with Crippen molar-refractivity contribution >= 4 is 23.5 Å². The Hall–Kier alpha value is -3.77. The highest BCUT2D eigenvalue weighted by atomic mass is 32.2. The van der Waals surface area contributed by atoms with E-state index in [1.165, 1.54) is 19.3 Å². The fraction of sp³-hybridized carbons (Fsp3) is 0.444. The van der Waals surface area contributed by atoms with Crippen molar-refractivity contribution in [3.63, 3.8) is 0 Å². The topological polar surface area (TPSA) is 123 Å². The summed E-state index contributed by atoms with van der Waals surface area (Å²) in [4.78, 5) is 13.2. The van der Waals surface area contributed by atoms with E-state index in [1.54, 1.807) is 16.4 Å². The molecule has 2 amide bonds. The normalized spacial score (nSPS) is 29.5. The maximum absolute atomic E-state index is 13.2.